The fraction of sp³-hybridized carbons (Fsp3) is 0.292. The van der Waals surface area contributed by atoms with Gasteiger partial charge in [0.05, 0.1) is 7.11 Å². The van der Waals surface area contributed by atoms with Crippen LogP contribution in [0.25, 0.3) is 12.2 Å². The second kappa shape index (κ2) is 7.80. The minimum Gasteiger partial charge on any atom is -0.496 e. The van der Waals surface area contributed by atoms with Crippen LogP contribution in [0.4, 0.5) is 5.88 Å². The highest BCUT2D eigenvalue weighted by molar-refractivity contribution is 5.70. The summed E-state index contributed by atoms with van der Waals surface area (Å²) in [4.78, 5) is 18.7. The monoisotopic (exact) mass is 414 g/mol. The average Bonchev–Trinajstić information content (AvgIpc) is 3.22. The summed E-state index contributed by atoms with van der Waals surface area (Å²) < 4.78 is 13.3. The van der Waals surface area contributed by atoms with Crippen LogP contribution in [-0.4, -0.2) is 29.8 Å². The van der Waals surface area contributed by atoms with Crippen LogP contribution in [0.3, 0.4) is 0 Å². The number of ether oxygens (including phenoxy) is 1. The highest BCUT2D eigenvalue weighted by atomic mass is 16.5. The summed E-state index contributed by atoms with van der Waals surface area (Å²) in [6.45, 7) is 2.12. The van der Waals surface area contributed by atoms with Crippen molar-refractivity contribution in [2.45, 2.75) is 18.9 Å². The van der Waals surface area contributed by atoms with Gasteiger partial charge in [0.15, 0.2) is 0 Å². The zero-order valence-electron chi connectivity index (χ0n) is 17.2. The van der Waals surface area contributed by atoms with Gasteiger partial charge in [-0.05, 0) is 30.5 Å². The van der Waals surface area contributed by atoms with Gasteiger partial charge in [-0.1, -0.05) is 24.3 Å². The highest BCUT2D eigenvalue weighted by Crippen LogP contribution is 2.38. The first-order chi connectivity index (χ1) is 15.2. The van der Waals surface area contributed by atoms with E-state index in [-0.39, 0.29) is 17.2 Å². The lowest BCUT2D eigenvalue weighted by Gasteiger charge is -2.42. The third-order valence-electron chi connectivity index (χ3n) is 6.04. The van der Waals surface area contributed by atoms with Crippen molar-refractivity contribution in [2.75, 3.05) is 25.1 Å². The van der Waals surface area contributed by atoms with E-state index >= 15 is 0 Å². The number of nitriles is 1. The molecule has 156 valence electrons. The number of anilines is 1. The van der Waals surface area contributed by atoms with Crippen molar-refractivity contribution in [2.24, 2.45) is 5.92 Å². The Morgan fingerprint density at radius 1 is 1.16 bits per heavy atom. The smallest absolute Gasteiger partial charge is 0.250 e. The second-order valence-corrected chi connectivity index (χ2v) is 8.00. The van der Waals surface area contributed by atoms with E-state index in [1.165, 1.54) is 0 Å². The van der Waals surface area contributed by atoms with Crippen molar-refractivity contribution >= 4 is 18.0 Å². The SMILES string of the molecule is COc1ccccc1C=Cc1nc(C#N)c(N2C[C@H]3C[C@@H](C2)c2cccc(=O)n2C3)o1. The van der Waals surface area contributed by atoms with Crippen LogP contribution in [-0.2, 0) is 6.54 Å². The third-order valence-corrected chi connectivity index (χ3v) is 6.04. The predicted molar refractivity (Wildman–Crippen MR) is 117 cm³/mol. The first-order valence-electron chi connectivity index (χ1n) is 10.3. The molecule has 7 heteroatoms. The number of benzene rings is 1. The second-order valence-electron chi connectivity index (χ2n) is 8.00. The fourth-order valence-electron chi connectivity index (χ4n) is 4.71. The molecule has 1 fully saturated rings. The molecule has 0 saturated carbocycles. The molecule has 3 aromatic rings. The molecule has 31 heavy (non-hydrogen) atoms. The number of aromatic nitrogens is 2. The lowest BCUT2D eigenvalue weighted by Crippen LogP contribution is -2.47. The van der Waals surface area contributed by atoms with E-state index in [4.69, 9.17) is 9.15 Å². The van der Waals surface area contributed by atoms with Crippen molar-refractivity contribution in [3.8, 4) is 11.8 Å². The number of methoxy groups -OCH3 is 1. The molecule has 0 aliphatic carbocycles. The first kappa shape index (κ1) is 19.2. The number of oxazole rings is 1. The summed E-state index contributed by atoms with van der Waals surface area (Å²) in [6.07, 6.45) is 4.65. The van der Waals surface area contributed by atoms with Gasteiger partial charge in [-0.2, -0.15) is 10.2 Å². The number of piperidine rings is 1. The number of fused-ring (bicyclic) bond motifs is 4. The molecule has 0 unspecified atom stereocenters. The predicted octanol–water partition coefficient (Wildman–Crippen LogP) is 3.51. The van der Waals surface area contributed by atoms with E-state index in [1.54, 1.807) is 19.3 Å². The number of rotatable bonds is 4. The molecule has 4 heterocycles. The molecule has 1 saturated heterocycles. The largest absolute Gasteiger partial charge is 0.496 e. The van der Waals surface area contributed by atoms with Crippen molar-refractivity contribution in [1.82, 2.24) is 9.55 Å². The van der Waals surface area contributed by atoms with Gasteiger partial charge >= 0.3 is 0 Å². The number of para-hydroxylation sites is 1. The van der Waals surface area contributed by atoms with Gasteiger partial charge in [0.2, 0.25) is 17.5 Å². The minimum absolute atomic E-state index is 0.0572. The molecule has 2 atom stereocenters. The number of nitrogens with zero attached hydrogens (tertiary/aromatic N) is 4. The van der Waals surface area contributed by atoms with E-state index in [0.29, 0.717) is 30.8 Å². The van der Waals surface area contributed by atoms with Crippen LogP contribution in [0.1, 0.15) is 35.2 Å². The van der Waals surface area contributed by atoms with Crippen LogP contribution >= 0.6 is 0 Å². The molecule has 5 rings (SSSR count). The Labute approximate surface area is 179 Å². The van der Waals surface area contributed by atoms with Gasteiger partial charge in [-0.3, -0.25) is 4.79 Å². The molecule has 7 nitrogen and oxygen atoms in total. The summed E-state index contributed by atoms with van der Waals surface area (Å²) in [5, 5.41) is 9.64. The molecule has 0 N–H and O–H groups in total. The van der Waals surface area contributed by atoms with Gasteiger partial charge in [0, 0.05) is 49.0 Å². The maximum absolute atomic E-state index is 12.2. The van der Waals surface area contributed by atoms with Gasteiger partial charge in [0.1, 0.15) is 11.8 Å². The summed E-state index contributed by atoms with van der Waals surface area (Å²) >= 11 is 0. The van der Waals surface area contributed by atoms with Crippen LogP contribution in [0.15, 0.2) is 51.7 Å². The summed E-state index contributed by atoms with van der Waals surface area (Å²) in [6, 6.07) is 15.3. The van der Waals surface area contributed by atoms with Crippen molar-refractivity contribution in [3.63, 3.8) is 0 Å². The highest BCUT2D eigenvalue weighted by Gasteiger charge is 2.36. The quantitative estimate of drug-likeness (QED) is 0.650. The summed E-state index contributed by atoms with van der Waals surface area (Å²) in [5.74, 6) is 2.19. The molecule has 0 amide bonds. The van der Waals surface area contributed by atoms with E-state index in [0.717, 1.165) is 30.0 Å². The number of pyridine rings is 1. The molecule has 2 aliphatic rings. The zero-order chi connectivity index (χ0) is 21.4. The van der Waals surface area contributed by atoms with E-state index < -0.39 is 0 Å². The molecule has 0 radical (unpaired) electrons. The van der Waals surface area contributed by atoms with Gasteiger partial charge in [-0.15, -0.1) is 0 Å². The maximum atomic E-state index is 12.2. The maximum Gasteiger partial charge on any atom is 0.250 e. The van der Waals surface area contributed by atoms with Crippen molar-refractivity contribution in [3.05, 3.63) is 75.7 Å². The van der Waals surface area contributed by atoms with Gasteiger partial charge in [0.25, 0.3) is 5.56 Å². The third kappa shape index (κ3) is 3.50. The van der Waals surface area contributed by atoms with Crippen LogP contribution < -0.4 is 15.2 Å². The fourth-order valence-corrected chi connectivity index (χ4v) is 4.71. The van der Waals surface area contributed by atoms with Crippen LogP contribution in [0.5, 0.6) is 5.75 Å². The topological polar surface area (TPSA) is 84.3 Å². The Kier molecular flexibility index (Phi) is 4.83. The Balaban J connectivity index is 1.43. The Bertz CT molecular complexity index is 1250. The molecular formula is C24H22N4O3. The van der Waals surface area contributed by atoms with Crippen LogP contribution in [0.2, 0.25) is 0 Å². The number of hydrogen-bond acceptors (Lipinski definition) is 6. The van der Waals surface area contributed by atoms with E-state index in [2.05, 4.69) is 16.0 Å². The van der Waals surface area contributed by atoms with Gasteiger partial charge in [-0.25, -0.2) is 0 Å². The Hall–Kier alpha value is -3.79. The summed E-state index contributed by atoms with van der Waals surface area (Å²) in [5.41, 5.74) is 2.30. The molecule has 1 aromatic carbocycles. The molecular weight excluding hydrogens is 392 g/mol. The molecule has 2 aliphatic heterocycles. The average molecular weight is 414 g/mol. The Morgan fingerprint density at radius 3 is 2.87 bits per heavy atom. The van der Waals surface area contributed by atoms with E-state index in [1.807, 2.05) is 47.0 Å². The minimum atomic E-state index is 0.0572. The number of hydrogen-bond donors (Lipinski definition) is 0. The normalized spacial score (nSPS) is 19.8. The zero-order valence-corrected chi connectivity index (χ0v) is 17.2. The summed E-state index contributed by atoms with van der Waals surface area (Å²) in [7, 11) is 1.63. The van der Waals surface area contributed by atoms with E-state index in [9.17, 15) is 10.1 Å². The lowest BCUT2D eigenvalue weighted by molar-refractivity contribution is 0.275. The lowest BCUT2D eigenvalue weighted by atomic mass is 9.83. The Morgan fingerprint density at radius 2 is 2.03 bits per heavy atom. The molecule has 0 spiro atoms. The molecule has 2 bridgehead atoms. The van der Waals surface area contributed by atoms with Gasteiger partial charge < -0.3 is 18.6 Å². The van der Waals surface area contributed by atoms with Crippen molar-refractivity contribution < 1.29 is 9.15 Å². The standard InChI is InChI=1S/C24H22N4O3/c1-30-21-7-3-2-5-17(21)9-10-22-26-19(12-25)24(31-22)27-13-16-11-18(15-27)20-6-4-8-23(29)28(20)14-16/h2-10,16,18H,11,13-15H2,1H3/t16-,18+/m1/s1. The van der Waals surface area contributed by atoms with Crippen molar-refractivity contribution in [1.29, 1.82) is 5.26 Å². The van der Waals surface area contributed by atoms with Crippen LogP contribution in [0, 0.1) is 17.2 Å². The first-order valence-corrected chi connectivity index (χ1v) is 10.3. The molecule has 2 aromatic heterocycles.